The Kier molecular flexibility index (Phi) is 39.9. The van der Waals surface area contributed by atoms with Crippen molar-refractivity contribution < 1.29 is 61.9 Å². The van der Waals surface area contributed by atoms with Crippen LogP contribution in [0, 0.1) is 3.57 Å². The normalized spacial score (nSPS) is 18.5. The number of carbonyl (C=O) groups excluding carboxylic acids is 6. The predicted molar refractivity (Wildman–Crippen MR) is 501 cm³/mol. The van der Waals surface area contributed by atoms with Gasteiger partial charge in [0.1, 0.15) is 70.5 Å². The number of alkyl carbamates (subject to hydrolysis) is 2. The fourth-order valence-electron chi connectivity index (χ4n) is 12.4. The molecule has 0 radical (unpaired) electrons. The summed E-state index contributed by atoms with van der Waals surface area (Å²) < 4.78 is 40.9. The van der Waals surface area contributed by atoms with Crippen LogP contribution in [0.1, 0.15) is 115 Å². The molecule has 0 aliphatic carbocycles. The van der Waals surface area contributed by atoms with Crippen LogP contribution in [0.5, 0.6) is 34.5 Å². The molecule has 5 aliphatic heterocycles. The first-order valence-electron chi connectivity index (χ1n) is 38.6. The highest BCUT2D eigenvalue weighted by atomic mass is 127. The fourth-order valence-corrected chi connectivity index (χ4v) is 13.6. The van der Waals surface area contributed by atoms with Gasteiger partial charge in [-0.15, -0.1) is 0 Å². The van der Waals surface area contributed by atoms with Crippen LogP contribution in [0.25, 0.3) is 6.08 Å². The first kappa shape index (κ1) is 98.8. The number of anilines is 2. The highest BCUT2D eigenvalue weighted by molar-refractivity contribution is 14.1. The summed E-state index contributed by atoms with van der Waals surface area (Å²) >= 11 is 30.6. The Balaban J connectivity index is 0.000000201. The van der Waals surface area contributed by atoms with Crippen molar-refractivity contribution in [2.45, 2.75) is 117 Å². The van der Waals surface area contributed by atoms with Crippen molar-refractivity contribution in [3.63, 3.8) is 0 Å². The van der Waals surface area contributed by atoms with Crippen LogP contribution < -0.4 is 45.3 Å². The van der Waals surface area contributed by atoms with E-state index < -0.39 is 17.5 Å². The van der Waals surface area contributed by atoms with E-state index in [-0.39, 0.29) is 87.8 Å². The molecule has 0 unspecified atom stereocenters. The van der Waals surface area contributed by atoms with E-state index in [0.717, 1.165) is 62.6 Å². The van der Waals surface area contributed by atoms with Gasteiger partial charge in [-0.25, -0.2) is 28.4 Å². The lowest BCUT2D eigenvalue weighted by Crippen LogP contribution is -2.38. The molecule has 5 aliphatic rings. The zero-order valence-electron chi connectivity index (χ0n) is 67.8. The molecule has 0 saturated carbocycles. The summed E-state index contributed by atoms with van der Waals surface area (Å²) in [5.74, 6) is 3.87. The van der Waals surface area contributed by atoms with Crippen LogP contribution in [-0.4, -0.2) is 102 Å². The van der Waals surface area contributed by atoms with Gasteiger partial charge in [0, 0.05) is 66.7 Å². The van der Waals surface area contributed by atoms with E-state index in [9.17, 15) is 28.8 Å². The Bertz CT molecular complexity index is 4980. The second-order valence-corrected chi connectivity index (χ2v) is 31.1. The number of hydrogen-bond acceptors (Lipinski definition) is 15. The minimum atomic E-state index is -1.04. The molecular weight excluding hydrogens is 1780 g/mol. The average molecular weight is 1880 g/mol. The van der Waals surface area contributed by atoms with Crippen molar-refractivity contribution in [3.05, 3.63) is 350 Å². The van der Waals surface area contributed by atoms with Crippen LogP contribution in [0.15, 0.2) is 303 Å². The van der Waals surface area contributed by atoms with Crippen molar-refractivity contribution in [2.24, 2.45) is 0 Å². The number of carbonyl (C=O) groups is 6. The Hall–Kier alpha value is -11.3. The van der Waals surface area contributed by atoms with E-state index in [1.807, 2.05) is 291 Å². The fraction of sp³-hybridized carbons (Fsp3) is 0.229. The second kappa shape index (κ2) is 49.7. The van der Waals surface area contributed by atoms with E-state index >= 15 is 0 Å². The number of benzene rings is 11. The molecule has 0 aromatic heterocycles. The number of cyclic esters (lactones) is 4. The highest BCUT2D eigenvalue weighted by Gasteiger charge is 2.51. The topological polar surface area (TPSA) is 228 Å². The molecule has 11 aromatic rings. The smallest absolute Gasteiger partial charge is 0.415 e. The monoisotopic (exact) mass is 1880 g/mol. The van der Waals surface area contributed by atoms with Crippen molar-refractivity contribution in [1.82, 2.24) is 30.1 Å². The third kappa shape index (κ3) is 29.5. The van der Waals surface area contributed by atoms with Crippen molar-refractivity contribution >= 4 is 135 Å². The van der Waals surface area contributed by atoms with Gasteiger partial charge in [0.25, 0.3) is 5.91 Å². The number of ether oxygens (including phenoxy) is 7. The van der Waals surface area contributed by atoms with E-state index in [4.69, 9.17) is 91.5 Å². The molecule has 0 spiro atoms. The maximum absolute atomic E-state index is 12.4. The highest BCUT2D eigenvalue weighted by Crippen LogP contribution is 2.41. The molecule has 5 heterocycles. The minimum Gasteiger partial charge on any atom is -0.457 e. The summed E-state index contributed by atoms with van der Waals surface area (Å²) in [5.41, 5.74) is 5.91. The van der Waals surface area contributed by atoms with E-state index in [1.165, 1.54) is 23.0 Å². The van der Waals surface area contributed by atoms with Gasteiger partial charge in [-0.1, -0.05) is 213 Å². The van der Waals surface area contributed by atoms with Gasteiger partial charge < -0.3 is 54.4 Å². The second-order valence-electron chi connectivity index (χ2n) is 27.9. The quantitative estimate of drug-likeness (QED) is 0.0232. The average Bonchev–Trinajstić information content (AvgIpc) is 1.65. The van der Waals surface area contributed by atoms with Crippen LogP contribution in [0.4, 0.5) is 35.3 Å². The van der Waals surface area contributed by atoms with Gasteiger partial charge in [-0.3, -0.25) is 14.6 Å². The van der Waals surface area contributed by atoms with Crippen LogP contribution >= 0.6 is 80.9 Å². The Morgan fingerprint density at radius 3 is 1.14 bits per heavy atom. The lowest BCUT2D eigenvalue weighted by atomic mass is 10.0. The molecule has 8 atom stereocenters. The van der Waals surface area contributed by atoms with E-state index in [1.54, 1.807) is 58.3 Å². The number of rotatable bonds is 16. The van der Waals surface area contributed by atoms with Crippen LogP contribution in [0.3, 0.4) is 0 Å². The Labute approximate surface area is 759 Å². The maximum Gasteiger partial charge on any atom is 0.415 e. The van der Waals surface area contributed by atoms with Crippen molar-refractivity contribution in [2.75, 3.05) is 37.0 Å². The molecule has 5 fully saturated rings. The summed E-state index contributed by atoms with van der Waals surface area (Å²) in [6.45, 7) is 14.9. The standard InChI is InChI=1S/2C22H18ClNO3.C12H8ClIO.2C10H11NO2.C9H10.C5H6Cl2N2O2.C4H12N2.2CH4/c1-15-21(16-5-3-2-4-6-16)24(22(25)26-15)18-9-13-20(14-10-18)27-19-11-7-17(23)8-12-19;1-15-21(16-5-3-2-4-6-16)27-22(25)24(15)18-9-13-20(14-10-18)26-19-11-7-17(23)8-12-19;13-9-1-5-11(6-2-9)15-12-7-3-10(14)4-8-12;1-7-9(11-10(12)13-7)8-5-3-2-4-6-8;1-7-9(13-10(12)11-7)8-5-3-2-4-6-8;1-2-6-9-7-4-3-5-8-9;1-5(2)3(10)8(6)4(11)9(5)7;1-5-3-4-6-2;;/h2*2-15,21H,1H3;1-8H;2*2-7,9H,1H3,(H,11,12);2-8H,1H3;1-2H3;5-6H,3-4H2,1-2H3;2*1H4/b;;;;;6-2+;;;;/t2*15-,21+;;2*7-,9+;;;;;/m00.00...../s1. The largest absolute Gasteiger partial charge is 0.457 e. The Morgan fingerprint density at radius 1 is 0.431 bits per heavy atom. The zero-order chi connectivity index (χ0) is 87.0. The number of allylic oxidation sites excluding steroid dienone is 1. The molecule has 123 heavy (non-hydrogen) atoms. The van der Waals surface area contributed by atoms with Crippen molar-refractivity contribution in [3.8, 4) is 34.5 Å². The summed E-state index contributed by atoms with van der Waals surface area (Å²) in [4.78, 5) is 72.0. The Morgan fingerprint density at radius 2 is 0.789 bits per heavy atom. The molecular formula is C96H102Cl5IN8O13. The van der Waals surface area contributed by atoms with Gasteiger partial charge >= 0.3 is 30.4 Å². The van der Waals surface area contributed by atoms with Gasteiger partial charge in [-0.05, 0) is 259 Å². The van der Waals surface area contributed by atoms with Gasteiger partial charge in [-0.2, -0.15) is 4.42 Å². The summed E-state index contributed by atoms with van der Waals surface area (Å²) in [5, 5.41) is 13.5. The summed E-state index contributed by atoms with van der Waals surface area (Å²) in [6.07, 6.45) is 2.01. The lowest BCUT2D eigenvalue weighted by molar-refractivity contribution is -0.127. The van der Waals surface area contributed by atoms with Gasteiger partial charge in [0.05, 0.1) is 18.1 Å². The molecule has 27 heteroatoms. The van der Waals surface area contributed by atoms with E-state index in [0.29, 0.717) is 42.5 Å². The number of amides is 7. The predicted octanol–water partition coefficient (Wildman–Crippen LogP) is 25.6. The number of nitrogens with one attached hydrogen (secondary N) is 4. The number of hydrogen-bond donors (Lipinski definition) is 4. The molecule has 5 saturated heterocycles. The van der Waals surface area contributed by atoms with Gasteiger partial charge in [0.15, 0.2) is 0 Å². The van der Waals surface area contributed by atoms with Gasteiger partial charge in [0.2, 0.25) is 0 Å². The lowest BCUT2D eigenvalue weighted by Gasteiger charge is -2.24. The zero-order valence-corrected chi connectivity index (χ0v) is 73.8. The number of halogens is 6. The number of nitrogens with zero attached hydrogens (tertiary/aromatic N) is 4. The molecule has 16 rings (SSSR count). The van der Waals surface area contributed by atoms with Crippen LogP contribution in [-0.2, 0) is 23.7 Å². The third-order valence-corrected chi connectivity index (χ3v) is 20.9. The first-order chi connectivity index (χ1) is 58.2. The summed E-state index contributed by atoms with van der Waals surface area (Å²) in [7, 11) is 3.88. The van der Waals surface area contributed by atoms with Crippen molar-refractivity contribution in [1.29, 1.82) is 0 Å². The molecule has 4 N–H and O–H groups in total. The third-order valence-electron chi connectivity index (χ3n) is 18.6. The number of likely N-dealkylation sites (N-methyl/N-ethyl adjacent to an activating group) is 2. The molecule has 646 valence electrons. The first-order valence-corrected chi connectivity index (χ1v) is 41.5. The maximum atomic E-state index is 12.4. The molecule has 21 nitrogen and oxygen atoms in total. The molecule has 0 bridgehead atoms. The van der Waals surface area contributed by atoms with E-state index in [2.05, 4.69) is 62.1 Å². The molecule has 7 amide bonds. The number of imide groups is 1. The minimum absolute atomic E-state index is 0. The number of urea groups is 1. The SMILES string of the molecule is C.C.C/C=C/c1ccccc1.CC1(C)C(=O)N(Cl)C(=O)N1Cl.CNCCNC.C[C@@H]1NC(=O)O[C@H]1c1ccccc1.C[C@@H]1OC(=O)N(c2ccc(Oc3ccc(Cl)cc3)cc2)[C@H]1c1ccccc1.C[C@@H]1OC(=O)N[C@H]1c1ccccc1.C[C@H]1[C@H](c2ccccc2)OC(=O)N1c1ccc(Oc2ccc(Cl)cc2)cc1.Clc1ccc(Oc2ccc(I)cc2)cc1. The summed E-state index contributed by atoms with van der Waals surface area (Å²) in [6, 6.07) is 92.9. The van der Waals surface area contributed by atoms with Crippen LogP contribution in [0.2, 0.25) is 15.1 Å². The molecule has 11 aromatic carbocycles.